The molecule has 1 heterocycles. The molecule has 0 N–H and O–H groups in total. The first-order chi connectivity index (χ1) is 19.8. The number of hydroxylamine groups is 1. The Hall–Kier alpha value is -3.81. The average Bonchev–Trinajstić information content (AvgIpc) is 3.01. The molecular formula is C34H35NO5. The summed E-state index contributed by atoms with van der Waals surface area (Å²) in [6, 6.07) is 39.2. The van der Waals surface area contributed by atoms with Gasteiger partial charge < -0.3 is 24.2 Å². The van der Waals surface area contributed by atoms with Gasteiger partial charge in [0.25, 0.3) is 0 Å². The van der Waals surface area contributed by atoms with E-state index in [0.29, 0.717) is 26.4 Å². The molecular weight excluding hydrogens is 502 g/mol. The number of benzene rings is 4. The van der Waals surface area contributed by atoms with Crippen LogP contribution in [0.4, 0.5) is 0 Å². The number of rotatable bonds is 13. The van der Waals surface area contributed by atoms with E-state index < -0.39 is 24.4 Å². The molecule has 6 heteroatoms. The zero-order valence-corrected chi connectivity index (χ0v) is 22.5. The SMILES string of the molecule is [O-][N+]1=CC(OCc2ccccc2)C(OCc2ccccc2)C(OCc2ccccc2)C1COCc1ccccc1. The maximum absolute atomic E-state index is 13.5. The summed E-state index contributed by atoms with van der Waals surface area (Å²) in [5.74, 6) is 0. The van der Waals surface area contributed by atoms with Crippen molar-refractivity contribution in [1.29, 1.82) is 0 Å². The van der Waals surface area contributed by atoms with Gasteiger partial charge in [-0.15, -0.1) is 0 Å². The second kappa shape index (κ2) is 14.5. The van der Waals surface area contributed by atoms with Crippen LogP contribution in [0.2, 0.25) is 0 Å². The molecule has 40 heavy (non-hydrogen) atoms. The van der Waals surface area contributed by atoms with Crippen LogP contribution in [-0.2, 0) is 45.4 Å². The van der Waals surface area contributed by atoms with Crippen LogP contribution in [0, 0.1) is 5.21 Å². The van der Waals surface area contributed by atoms with Gasteiger partial charge in [0.2, 0.25) is 6.04 Å². The molecule has 0 radical (unpaired) electrons. The summed E-state index contributed by atoms with van der Waals surface area (Å²) >= 11 is 0. The van der Waals surface area contributed by atoms with E-state index in [2.05, 4.69) is 0 Å². The van der Waals surface area contributed by atoms with E-state index in [4.69, 9.17) is 18.9 Å². The van der Waals surface area contributed by atoms with E-state index in [1.807, 2.05) is 121 Å². The molecule has 6 nitrogen and oxygen atoms in total. The summed E-state index contributed by atoms with van der Waals surface area (Å²) in [6.45, 7) is 1.64. The van der Waals surface area contributed by atoms with Crippen LogP contribution < -0.4 is 0 Å². The summed E-state index contributed by atoms with van der Waals surface area (Å²) in [6.07, 6.45) is -0.156. The normalized spacial score (nSPS) is 20.6. The molecule has 4 aromatic rings. The fourth-order valence-corrected chi connectivity index (χ4v) is 4.76. The maximum Gasteiger partial charge on any atom is 0.214 e. The Balaban J connectivity index is 1.38. The summed E-state index contributed by atoms with van der Waals surface area (Å²) in [5.41, 5.74) is 4.11. The van der Waals surface area contributed by atoms with Gasteiger partial charge in [-0.05, 0) is 22.3 Å². The van der Waals surface area contributed by atoms with Gasteiger partial charge in [-0.3, -0.25) is 0 Å². The predicted molar refractivity (Wildman–Crippen MR) is 155 cm³/mol. The highest BCUT2D eigenvalue weighted by molar-refractivity contribution is 5.60. The van der Waals surface area contributed by atoms with E-state index in [9.17, 15) is 5.21 Å². The van der Waals surface area contributed by atoms with Crippen LogP contribution in [-0.4, -0.2) is 41.9 Å². The van der Waals surface area contributed by atoms with E-state index in [1.54, 1.807) is 6.21 Å². The van der Waals surface area contributed by atoms with Gasteiger partial charge in [-0.2, -0.15) is 0 Å². The van der Waals surface area contributed by atoms with E-state index in [1.165, 1.54) is 0 Å². The van der Waals surface area contributed by atoms with Gasteiger partial charge >= 0.3 is 0 Å². The van der Waals surface area contributed by atoms with Crippen LogP contribution in [0.3, 0.4) is 0 Å². The molecule has 1 aliphatic rings. The summed E-state index contributed by atoms with van der Waals surface area (Å²) in [4.78, 5) is 0. The quantitative estimate of drug-likeness (QED) is 0.156. The first kappa shape index (κ1) is 27.7. The maximum atomic E-state index is 13.5. The Morgan fingerprint density at radius 2 is 0.900 bits per heavy atom. The Labute approximate surface area is 236 Å². The van der Waals surface area contributed by atoms with Crippen molar-refractivity contribution < 1.29 is 23.7 Å². The van der Waals surface area contributed by atoms with E-state index in [-0.39, 0.29) is 6.61 Å². The fraction of sp³-hybridized carbons (Fsp3) is 0.265. The monoisotopic (exact) mass is 537 g/mol. The first-order valence-corrected chi connectivity index (χ1v) is 13.6. The molecule has 0 fully saturated rings. The minimum atomic E-state index is -0.607. The molecule has 4 aromatic carbocycles. The minimum Gasteiger partial charge on any atom is -0.624 e. The summed E-state index contributed by atoms with van der Waals surface area (Å²) in [5, 5.41) is 13.5. The highest BCUT2D eigenvalue weighted by atomic mass is 16.6. The summed E-state index contributed by atoms with van der Waals surface area (Å²) in [7, 11) is 0. The molecule has 206 valence electrons. The first-order valence-electron chi connectivity index (χ1n) is 13.6. The molecule has 5 rings (SSSR count). The van der Waals surface area contributed by atoms with Crippen molar-refractivity contribution in [2.75, 3.05) is 6.61 Å². The van der Waals surface area contributed by atoms with Crippen LogP contribution >= 0.6 is 0 Å². The van der Waals surface area contributed by atoms with Gasteiger partial charge in [-0.25, -0.2) is 4.74 Å². The Morgan fingerprint density at radius 1 is 0.500 bits per heavy atom. The fourth-order valence-electron chi connectivity index (χ4n) is 4.76. The molecule has 0 bridgehead atoms. The van der Waals surface area contributed by atoms with Crippen LogP contribution in [0.15, 0.2) is 121 Å². The standard InChI is InChI=1S/C34H35NO5/c36-35-21-32(38-23-28-15-7-2-8-16-28)34(40-25-30-19-11-4-12-20-30)33(39-24-29-17-9-3-10-18-29)31(35)26-37-22-27-13-5-1-6-14-27/h1-21,31-34H,22-26H2. The number of ether oxygens (including phenoxy) is 4. The molecule has 0 saturated carbocycles. The molecule has 1 aliphatic heterocycles. The molecule has 4 unspecified atom stereocenters. The van der Waals surface area contributed by atoms with Gasteiger partial charge in [0, 0.05) is 0 Å². The number of nitrogens with zero attached hydrogens (tertiary/aromatic N) is 1. The zero-order valence-electron chi connectivity index (χ0n) is 22.5. The van der Waals surface area contributed by atoms with Gasteiger partial charge in [-0.1, -0.05) is 121 Å². The Kier molecular flexibility index (Phi) is 10.1. The third-order valence-corrected chi connectivity index (χ3v) is 6.90. The molecule has 4 atom stereocenters. The average molecular weight is 538 g/mol. The van der Waals surface area contributed by atoms with Crippen LogP contribution in [0.1, 0.15) is 22.3 Å². The van der Waals surface area contributed by atoms with Crippen molar-refractivity contribution in [3.05, 3.63) is 149 Å². The van der Waals surface area contributed by atoms with Crippen molar-refractivity contribution in [2.24, 2.45) is 0 Å². The third kappa shape index (κ3) is 7.87. The zero-order chi connectivity index (χ0) is 27.4. The second-order valence-electron chi connectivity index (χ2n) is 9.86. The van der Waals surface area contributed by atoms with Crippen LogP contribution in [0.5, 0.6) is 0 Å². The lowest BCUT2D eigenvalue weighted by Gasteiger charge is -2.38. The molecule has 0 aliphatic carbocycles. The van der Waals surface area contributed by atoms with Crippen molar-refractivity contribution in [1.82, 2.24) is 0 Å². The lowest BCUT2D eigenvalue weighted by molar-refractivity contribution is -0.531. The highest BCUT2D eigenvalue weighted by Gasteiger charge is 2.46. The van der Waals surface area contributed by atoms with Crippen molar-refractivity contribution in [3.8, 4) is 0 Å². The Morgan fingerprint density at radius 3 is 1.38 bits per heavy atom. The van der Waals surface area contributed by atoms with E-state index in [0.717, 1.165) is 27.0 Å². The minimum absolute atomic E-state index is 0.185. The predicted octanol–water partition coefficient (Wildman–Crippen LogP) is 5.92. The Bertz CT molecular complexity index is 1300. The largest absolute Gasteiger partial charge is 0.624 e. The van der Waals surface area contributed by atoms with Crippen molar-refractivity contribution in [3.63, 3.8) is 0 Å². The lowest BCUT2D eigenvalue weighted by Crippen LogP contribution is -2.58. The van der Waals surface area contributed by atoms with Crippen LogP contribution in [0.25, 0.3) is 0 Å². The van der Waals surface area contributed by atoms with E-state index >= 15 is 0 Å². The second-order valence-corrected chi connectivity index (χ2v) is 9.86. The lowest BCUT2D eigenvalue weighted by atomic mass is 9.97. The molecule has 0 aromatic heterocycles. The van der Waals surface area contributed by atoms with Gasteiger partial charge in [0.1, 0.15) is 12.7 Å². The molecule has 0 amide bonds. The smallest absolute Gasteiger partial charge is 0.214 e. The number of hydrogen-bond acceptors (Lipinski definition) is 5. The molecule has 0 spiro atoms. The molecule has 0 saturated heterocycles. The van der Waals surface area contributed by atoms with Crippen molar-refractivity contribution >= 4 is 6.21 Å². The number of hydrogen-bond donors (Lipinski definition) is 0. The highest BCUT2D eigenvalue weighted by Crippen LogP contribution is 2.25. The van der Waals surface area contributed by atoms with Crippen molar-refractivity contribution in [2.45, 2.75) is 50.8 Å². The topological polar surface area (TPSA) is 63.0 Å². The van der Waals surface area contributed by atoms with Gasteiger partial charge in [0.05, 0.1) is 26.4 Å². The third-order valence-electron chi connectivity index (χ3n) is 6.90. The summed E-state index contributed by atoms with van der Waals surface area (Å²) < 4.78 is 26.3. The van der Waals surface area contributed by atoms with Gasteiger partial charge in [0.15, 0.2) is 18.4 Å².